The average molecular weight is 599 g/mol. The fourth-order valence-electron chi connectivity index (χ4n) is 11.7. The molecule has 0 amide bonds. The molecule has 9 unspecified atom stereocenters. The molecule has 6 heteroatoms. The van der Waals surface area contributed by atoms with Crippen LogP contribution in [0, 0.1) is 45.8 Å². The maximum absolute atomic E-state index is 14.3. The highest BCUT2D eigenvalue weighted by atomic mass is 32.2. The van der Waals surface area contributed by atoms with E-state index in [1.54, 1.807) is 12.1 Å². The van der Waals surface area contributed by atoms with Crippen molar-refractivity contribution in [1.29, 1.82) is 0 Å². The smallest absolute Gasteiger partial charge is 0.181 e. The first-order chi connectivity index (χ1) is 20.0. The third kappa shape index (κ3) is 4.84. The van der Waals surface area contributed by atoms with Crippen molar-refractivity contribution in [3.63, 3.8) is 0 Å². The van der Waals surface area contributed by atoms with Crippen LogP contribution in [0.2, 0.25) is 0 Å². The summed E-state index contributed by atoms with van der Waals surface area (Å²) in [6.07, 6.45) is 14.6. The zero-order chi connectivity index (χ0) is 29.4. The monoisotopic (exact) mass is 598 g/mol. The first-order valence-corrected chi connectivity index (χ1v) is 18.8. The van der Waals surface area contributed by atoms with Crippen molar-refractivity contribution in [1.82, 2.24) is 0 Å². The summed E-state index contributed by atoms with van der Waals surface area (Å²) in [7, 11) is -3.57. The summed E-state index contributed by atoms with van der Waals surface area (Å²) in [5, 5.41) is 21.7. The minimum absolute atomic E-state index is 0.112. The van der Waals surface area contributed by atoms with Crippen LogP contribution in [-0.4, -0.2) is 48.8 Å². The van der Waals surface area contributed by atoms with Crippen molar-refractivity contribution in [2.45, 2.75) is 132 Å². The summed E-state index contributed by atoms with van der Waals surface area (Å²) in [5.41, 5.74) is -0.168. The summed E-state index contributed by atoms with van der Waals surface area (Å²) >= 11 is 0. The van der Waals surface area contributed by atoms with Gasteiger partial charge in [-0.15, -0.1) is 0 Å². The molecular weight excluding hydrogens is 544 g/mol. The van der Waals surface area contributed by atoms with E-state index in [-0.39, 0.29) is 16.9 Å². The molecule has 0 bridgehead atoms. The number of hydrogen-bond donors (Lipinski definition) is 2. The molecule has 1 spiro atoms. The average Bonchev–Trinajstić information content (AvgIpc) is 3.29. The quantitative estimate of drug-likeness (QED) is 0.370. The maximum Gasteiger partial charge on any atom is 0.181 e. The van der Waals surface area contributed by atoms with Crippen LogP contribution in [0.3, 0.4) is 0 Å². The van der Waals surface area contributed by atoms with E-state index in [0.29, 0.717) is 53.7 Å². The Hall–Kier alpha value is -0.950. The topological polar surface area (TPSA) is 83.8 Å². The van der Waals surface area contributed by atoms with Gasteiger partial charge in [-0.3, -0.25) is 0 Å². The Labute approximate surface area is 254 Å². The molecule has 234 valence electrons. The number of ether oxygens (including phenoxy) is 1. The van der Waals surface area contributed by atoms with E-state index in [0.717, 1.165) is 63.6 Å². The minimum atomic E-state index is -3.57. The first-order valence-electron chi connectivity index (χ1n) is 17.2. The van der Waals surface area contributed by atoms with Crippen molar-refractivity contribution in [2.75, 3.05) is 13.2 Å². The van der Waals surface area contributed by atoms with Gasteiger partial charge in [0.05, 0.1) is 35.1 Å². The molecule has 7 rings (SSSR count). The van der Waals surface area contributed by atoms with Crippen molar-refractivity contribution < 1.29 is 23.4 Å². The molecule has 9 atom stereocenters. The van der Waals surface area contributed by atoms with E-state index < -0.39 is 20.7 Å². The highest BCUT2D eigenvalue weighted by Crippen LogP contribution is 2.68. The van der Waals surface area contributed by atoms with Crippen LogP contribution < -0.4 is 0 Å². The third-order valence-electron chi connectivity index (χ3n) is 14.6. The lowest BCUT2D eigenvalue weighted by molar-refractivity contribution is -0.160. The van der Waals surface area contributed by atoms with Crippen LogP contribution >= 0.6 is 0 Å². The van der Waals surface area contributed by atoms with Crippen LogP contribution in [0.25, 0.3) is 0 Å². The van der Waals surface area contributed by atoms with Gasteiger partial charge in [0.15, 0.2) is 9.84 Å². The van der Waals surface area contributed by atoms with Gasteiger partial charge in [-0.2, -0.15) is 0 Å². The van der Waals surface area contributed by atoms with E-state index >= 15 is 0 Å². The Morgan fingerprint density at radius 1 is 0.857 bits per heavy atom. The zero-order valence-electron chi connectivity index (χ0n) is 26.0. The summed E-state index contributed by atoms with van der Waals surface area (Å²) in [6.45, 7) is 6.63. The minimum Gasteiger partial charge on any atom is -0.393 e. The Morgan fingerprint density at radius 3 is 2.24 bits per heavy atom. The lowest BCUT2D eigenvalue weighted by atomic mass is 9.44. The molecule has 6 aliphatic rings. The molecule has 1 aromatic carbocycles. The van der Waals surface area contributed by atoms with E-state index in [1.807, 2.05) is 18.2 Å². The lowest BCUT2D eigenvalue weighted by Gasteiger charge is -2.61. The molecule has 6 fully saturated rings. The molecule has 5 aliphatic carbocycles. The second-order valence-corrected chi connectivity index (χ2v) is 18.8. The summed E-state index contributed by atoms with van der Waals surface area (Å²) < 4.78 is 34.1. The molecule has 0 radical (unpaired) electrons. The second kappa shape index (κ2) is 10.6. The van der Waals surface area contributed by atoms with E-state index in [9.17, 15) is 18.6 Å². The molecule has 1 aliphatic heterocycles. The summed E-state index contributed by atoms with van der Waals surface area (Å²) in [6, 6.07) is 9.03. The lowest BCUT2D eigenvalue weighted by Crippen LogP contribution is -2.54. The van der Waals surface area contributed by atoms with Crippen molar-refractivity contribution in [3.8, 4) is 0 Å². The molecular formula is C36H54O5S. The third-order valence-corrected chi connectivity index (χ3v) is 16.7. The van der Waals surface area contributed by atoms with Gasteiger partial charge in [0, 0.05) is 5.41 Å². The Morgan fingerprint density at radius 2 is 1.55 bits per heavy atom. The Kier molecular flexibility index (Phi) is 7.48. The van der Waals surface area contributed by atoms with Crippen LogP contribution in [0.15, 0.2) is 35.2 Å². The molecule has 42 heavy (non-hydrogen) atoms. The van der Waals surface area contributed by atoms with Crippen LogP contribution in [0.4, 0.5) is 0 Å². The normalized spacial score (nSPS) is 43.0. The summed E-state index contributed by atoms with van der Waals surface area (Å²) in [5.74, 6) is 3.19. The first kappa shape index (κ1) is 29.7. The van der Waals surface area contributed by atoms with Gasteiger partial charge in [-0.1, -0.05) is 32.0 Å². The van der Waals surface area contributed by atoms with Gasteiger partial charge in [0.2, 0.25) is 0 Å². The highest BCUT2D eigenvalue weighted by Gasteiger charge is 2.60. The molecule has 2 N–H and O–H groups in total. The predicted octanol–water partition coefficient (Wildman–Crippen LogP) is 6.95. The van der Waals surface area contributed by atoms with Crippen LogP contribution in [0.5, 0.6) is 0 Å². The number of benzene rings is 1. The number of aliphatic hydroxyl groups is 2. The van der Waals surface area contributed by atoms with Gasteiger partial charge in [0.25, 0.3) is 0 Å². The van der Waals surface area contributed by atoms with E-state index in [2.05, 4.69) is 13.8 Å². The Balaban J connectivity index is 1.12. The molecule has 1 heterocycles. The zero-order valence-corrected chi connectivity index (χ0v) is 26.8. The standard InChI is InChI=1S/C36H54O5S/c1-33-14-12-27(37)20-25(33)8-10-30-31-11-9-26(34(31,2)15-13-32(30)33)21-29(42(39,40)28-6-4-3-5-7-28)22-36(38)18-16-35(17-19-36)23-41-24-35/h3-7,25-27,29-32,37-38H,8-24H2,1-2H3. The van der Waals surface area contributed by atoms with E-state index in [4.69, 9.17) is 4.74 Å². The van der Waals surface area contributed by atoms with Crippen molar-refractivity contribution in [2.24, 2.45) is 45.8 Å². The van der Waals surface area contributed by atoms with Crippen molar-refractivity contribution in [3.05, 3.63) is 30.3 Å². The van der Waals surface area contributed by atoms with Gasteiger partial charge in [-0.25, -0.2) is 8.42 Å². The molecule has 5 saturated carbocycles. The maximum atomic E-state index is 14.3. The fraction of sp³-hybridized carbons (Fsp3) is 0.833. The van der Waals surface area contributed by atoms with Gasteiger partial charge in [0.1, 0.15) is 0 Å². The molecule has 0 aromatic heterocycles. The van der Waals surface area contributed by atoms with Gasteiger partial charge >= 0.3 is 0 Å². The van der Waals surface area contributed by atoms with Crippen LogP contribution in [0.1, 0.15) is 110 Å². The molecule has 5 nitrogen and oxygen atoms in total. The van der Waals surface area contributed by atoms with Gasteiger partial charge in [-0.05, 0) is 149 Å². The van der Waals surface area contributed by atoms with Gasteiger partial charge < -0.3 is 14.9 Å². The fourth-order valence-corrected chi connectivity index (χ4v) is 13.7. The number of fused-ring (bicyclic) bond motifs is 5. The largest absolute Gasteiger partial charge is 0.393 e. The Bertz CT molecular complexity index is 1230. The predicted molar refractivity (Wildman–Crippen MR) is 165 cm³/mol. The SMILES string of the molecule is CC12CCC(O)CC1CCC1C2CCC2(C)C(CC(CC3(O)CCC4(CC3)COC4)S(=O)(=O)c3ccccc3)CCC12. The van der Waals surface area contributed by atoms with Crippen LogP contribution in [-0.2, 0) is 14.6 Å². The molecule has 1 aromatic rings. The number of rotatable bonds is 6. The van der Waals surface area contributed by atoms with Crippen molar-refractivity contribution >= 4 is 9.84 Å². The number of aliphatic hydroxyl groups excluding tert-OH is 1. The molecule has 1 saturated heterocycles. The number of sulfone groups is 1. The highest BCUT2D eigenvalue weighted by molar-refractivity contribution is 7.92. The number of hydrogen-bond acceptors (Lipinski definition) is 5. The second-order valence-electron chi connectivity index (χ2n) is 16.5. The van der Waals surface area contributed by atoms with E-state index in [1.165, 1.54) is 32.1 Å². The summed E-state index contributed by atoms with van der Waals surface area (Å²) in [4.78, 5) is 0.410.